The fourth-order valence-corrected chi connectivity index (χ4v) is 17.1. The Hall–Kier alpha value is -1.61. The maximum absolute atomic E-state index is 5.76. The molecule has 0 saturated carbocycles. The Labute approximate surface area is 187 Å². The molecule has 0 bridgehead atoms. The maximum atomic E-state index is 5.76. The number of unbranched alkanes of at least 4 members (excludes halogenated alkanes) is 3. The van der Waals surface area contributed by atoms with E-state index in [1.54, 1.807) is 6.20 Å². The molecule has 1 aromatic heterocycles. The van der Waals surface area contributed by atoms with Crippen LogP contribution in [-0.2, 0) is 0 Å². The monoisotopic (exact) mass is 515 g/mol. The quantitative estimate of drug-likeness (QED) is 0.170. The molecule has 1 heterocycles. The zero-order chi connectivity index (χ0) is 21.5. The van der Waals surface area contributed by atoms with Crippen LogP contribution in [0.4, 0.5) is 0 Å². The first-order valence-electron chi connectivity index (χ1n) is 11.6. The molecule has 0 unspecified atom stereocenters. The Kier molecular flexibility index (Phi) is 11.8. The molecule has 5 heteroatoms. The van der Waals surface area contributed by atoms with E-state index >= 15 is 0 Å². The normalized spacial score (nSPS) is 11.0. The van der Waals surface area contributed by atoms with Gasteiger partial charge in [0.1, 0.15) is 0 Å². The molecule has 0 fully saturated rings. The first-order chi connectivity index (χ1) is 14.7. The van der Waals surface area contributed by atoms with Crippen LogP contribution in [0, 0.1) is 9.86 Å². The second-order valence-electron chi connectivity index (χ2n) is 7.98. The third-order valence-corrected chi connectivity index (χ3v) is 18.7. The van der Waals surface area contributed by atoms with Gasteiger partial charge >= 0.3 is 188 Å². The Balaban J connectivity index is 1.96. The Bertz CT molecular complexity index is 764. The topological polar surface area (TPSA) is 47.9 Å². The molecule has 0 N–H and O–H groups in total. The fraction of sp³-hybridized carbons (Fsp3) is 0.560. The van der Waals surface area contributed by atoms with Gasteiger partial charge in [-0.3, -0.25) is 0 Å². The summed E-state index contributed by atoms with van der Waals surface area (Å²) in [6.07, 6.45) is 10.3. The number of ether oxygens (including phenoxy) is 1. The van der Waals surface area contributed by atoms with Gasteiger partial charge < -0.3 is 0 Å². The van der Waals surface area contributed by atoms with E-state index in [1.807, 2.05) is 30.3 Å². The Morgan fingerprint density at radius 3 is 2.13 bits per heavy atom. The van der Waals surface area contributed by atoms with Crippen molar-refractivity contribution in [2.75, 3.05) is 6.61 Å². The molecule has 0 saturated heterocycles. The molecule has 0 spiro atoms. The summed E-state index contributed by atoms with van der Waals surface area (Å²) < 4.78 is 13.9. The molecule has 0 aliphatic rings. The second kappa shape index (κ2) is 14.4. The van der Waals surface area contributed by atoms with Crippen molar-refractivity contribution < 1.29 is 4.74 Å². The van der Waals surface area contributed by atoms with E-state index in [0.717, 1.165) is 17.7 Å². The van der Waals surface area contributed by atoms with Crippen molar-refractivity contribution >= 4 is 18.4 Å². The second-order valence-corrected chi connectivity index (χ2v) is 20.3. The summed E-state index contributed by atoms with van der Waals surface area (Å²) in [6, 6.07) is 10.3. The summed E-state index contributed by atoms with van der Waals surface area (Å²) in [4.78, 5) is 4.48. The van der Waals surface area contributed by atoms with Crippen LogP contribution in [0.1, 0.15) is 65.7 Å². The molecule has 0 aliphatic heterocycles. The SMILES string of the molecule is CCC[CH2][Sn]([C]#CCCOc1nncc(-c2ccccc2)n1)([CH2]CCC)[CH2]CCC. The average Bonchev–Trinajstić information content (AvgIpc) is 2.80. The third-order valence-electron chi connectivity index (χ3n) is 5.45. The summed E-state index contributed by atoms with van der Waals surface area (Å²) >= 11 is -2.36. The van der Waals surface area contributed by atoms with E-state index in [4.69, 9.17) is 4.74 Å². The molecule has 1 aromatic carbocycles. The van der Waals surface area contributed by atoms with Crippen LogP contribution in [0.5, 0.6) is 6.01 Å². The van der Waals surface area contributed by atoms with Crippen molar-refractivity contribution in [2.24, 2.45) is 0 Å². The molecule has 162 valence electrons. The molecule has 30 heavy (non-hydrogen) atoms. The number of rotatable bonds is 13. The molecule has 2 rings (SSSR count). The number of hydrogen-bond donors (Lipinski definition) is 0. The van der Waals surface area contributed by atoms with Gasteiger partial charge in [-0.25, -0.2) is 0 Å². The van der Waals surface area contributed by atoms with Gasteiger partial charge in [0.25, 0.3) is 0 Å². The van der Waals surface area contributed by atoms with Gasteiger partial charge in [-0.2, -0.15) is 0 Å². The zero-order valence-corrected chi connectivity index (χ0v) is 21.8. The third kappa shape index (κ3) is 8.63. The molecular weight excluding hydrogens is 477 g/mol. The molecule has 0 radical (unpaired) electrons. The van der Waals surface area contributed by atoms with Gasteiger partial charge in [0, 0.05) is 0 Å². The van der Waals surface area contributed by atoms with Gasteiger partial charge in [0.15, 0.2) is 0 Å². The van der Waals surface area contributed by atoms with Crippen molar-refractivity contribution in [1.82, 2.24) is 15.2 Å². The summed E-state index contributed by atoms with van der Waals surface area (Å²) in [7, 11) is 0. The summed E-state index contributed by atoms with van der Waals surface area (Å²) in [5.74, 6) is 3.51. The molecule has 2 aromatic rings. The van der Waals surface area contributed by atoms with Crippen LogP contribution in [0.25, 0.3) is 11.3 Å². The number of hydrogen-bond acceptors (Lipinski definition) is 4. The molecule has 0 amide bonds. The van der Waals surface area contributed by atoms with E-state index in [2.05, 4.69) is 45.8 Å². The van der Waals surface area contributed by atoms with Crippen LogP contribution in [0.15, 0.2) is 36.5 Å². The number of nitrogens with zero attached hydrogens (tertiary/aromatic N) is 3. The van der Waals surface area contributed by atoms with E-state index in [0.29, 0.717) is 12.6 Å². The van der Waals surface area contributed by atoms with Crippen molar-refractivity contribution in [2.45, 2.75) is 79.0 Å². The van der Waals surface area contributed by atoms with Crippen molar-refractivity contribution in [3.63, 3.8) is 0 Å². The summed E-state index contributed by atoms with van der Waals surface area (Å²) in [5.41, 5.74) is 1.79. The fourth-order valence-electron chi connectivity index (χ4n) is 3.65. The summed E-state index contributed by atoms with van der Waals surface area (Å²) in [5, 5.41) is 8.05. The van der Waals surface area contributed by atoms with Crippen LogP contribution in [0.2, 0.25) is 13.3 Å². The molecular formula is C25H37N3OSn. The number of aromatic nitrogens is 3. The van der Waals surface area contributed by atoms with E-state index < -0.39 is 18.4 Å². The van der Waals surface area contributed by atoms with Gasteiger partial charge in [-0.1, -0.05) is 0 Å². The standard InChI is InChI=1S/C13H10N3O.3C4H9.Sn/c1-2-3-9-17-13-15-12(10-14-16-13)11-7-5-4-6-8-11;3*1-3-4-2;/h4-8,10H,3,9H2;3*1,3-4H2,2H3;. The van der Waals surface area contributed by atoms with Gasteiger partial charge in [-0.05, 0) is 0 Å². The first-order valence-corrected chi connectivity index (χ1v) is 19.1. The van der Waals surface area contributed by atoms with Crippen LogP contribution < -0.4 is 4.74 Å². The van der Waals surface area contributed by atoms with Crippen LogP contribution in [0.3, 0.4) is 0 Å². The van der Waals surface area contributed by atoms with E-state index in [1.165, 1.54) is 51.8 Å². The predicted octanol–water partition coefficient (Wildman–Crippen LogP) is 6.70. The molecule has 0 atom stereocenters. The Morgan fingerprint density at radius 1 is 0.900 bits per heavy atom. The minimum absolute atomic E-state index is 0.330. The van der Waals surface area contributed by atoms with E-state index in [9.17, 15) is 0 Å². The van der Waals surface area contributed by atoms with Crippen molar-refractivity contribution in [3.8, 4) is 27.1 Å². The van der Waals surface area contributed by atoms with Gasteiger partial charge in [-0.15, -0.1) is 0 Å². The summed E-state index contributed by atoms with van der Waals surface area (Å²) in [6.45, 7) is 7.42. The average molecular weight is 514 g/mol. The van der Waals surface area contributed by atoms with Crippen LogP contribution >= 0.6 is 0 Å². The number of benzene rings is 1. The van der Waals surface area contributed by atoms with Crippen molar-refractivity contribution in [3.05, 3.63) is 36.5 Å². The first kappa shape index (κ1) is 24.7. The zero-order valence-electron chi connectivity index (χ0n) is 19.0. The van der Waals surface area contributed by atoms with E-state index in [-0.39, 0.29) is 0 Å². The predicted molar refractivity (Wildman–Crippen MR) is 128 cm³/mol. The Morgan fingerprint density at radius 2 is 1.53 bits per heavy atom. The molecule has 4 nitrogen and oxygen atoms in total. The minimum atomic E-state index is -2.36. The van der Waals surface area contributed by atoms with Gasteiger partial charge in [0.2, 0.25) is 0 Å². The van der Waals surface area contributed by atoms with Crippen LogP contribution in [-0.4, -0.2) is 40.2 Å². The van der Waals surface area contributed by atoms with Gasteiger partial charge in [0.05, 0.1) is 0 Å². The van der Waals surface area contributed by atoms with Crippen molar-refractivity contribution in [1.29, 1.82) is 0 Å². The molecule has 0 aliphatic carbocycles.